The molecule has 1 aromatic rings. The van der Waals surface area contributed by atoms with Crippen LogP contribution in [0, 0.1) is 5.92 Å². The Morgan fingerprint density at radius 2 is 2.00 bits per heavy atom. The molecule has 2 fully saturated rings. The van der Waals surface area contributed by atoms with Gasteiger partial charge in [-0.1, -0.05) is 26.0 Å². The van der Waals surface area contributed by atoms with Crippen molar-refractivity contribution in [2.24, 2.45) is 5.92 Å². The molecule has 0 saturated carbocycles. The Bertz CT molecular complexity index is 733. The van der Waals surface area contributed by atoms with E-state index >= 15 is 0 Å². The monoisotopic (exact) mass is 373 g/mol. The van der Waals surface area contributed by atoms with Crippen LogP contribution in [0.4, 0.5) is 4.79 Å². The third kappa shape index (κ3) is 3.50. The van der Waals surface area contributed by atoms with Crippen LogP contribution in [0.25, 0.3) is 0 Å². The maximum atomic E-state index is 13.1. The van der Waals surface area contributed by atoms with Gasteiger partial charge in [0, 0.05) is 13.1 Å². The van der Waals surface area contributed by atoms with Crippen LogP contribution in [0.1, 0.15) is 38.7 Å². The fraction of sp³-hybridized carbons (Fsp3) is 0.550. The highest BCUT2D eigenvalue weighted by Crippen LogP contribution is 2.33. The molecule has 27 heavy (non-hydrogen) atoms. The molecule has 0 radical (unpaired) electrons. The first-order valence-corrected chi connectivity index (χ1v) is 9.47. The summed E-state index contributed by atoms with van der Waals surface area (Å²) in [6.07, 6.45) is 2.45. The molecule has 2 atom stereocenters. The number of methoxy groups -OCH3 is 1. The van der Waals surface area contributed by atoms with Crippen molar-refractivity contribution < 1.29 is 19.1 Å². The predicted octanol–water partition coefficient (Wildman–Crippen LogP) is 2.11. The fourth-order valence-corrected chi connectivity index (χ4v) is 3.94. The van der Waals surface area contributed by atoms with Crippen molar-refractivity contribution in [3.8, 4) is 5.75 Å². The van der Waals surface area contributed by atoms with Crippen LogP contribution in [-0.4, -0.2) is 54.4 Å². The van der Waals surface area contributed by atoms with Gasteiger partial charge in [0.25, 0.3) is 5.91 Å². The Kier molecular flexibility index (Phi) is 5.39. The molecule has 2 aliphatic rings. The maximum absolute atomic E-state index is 13.1. The van der Waals surface area contributed by atoms with Gasteiger partial charge in [-0.05, 0) is 42.9 Å². The average Bonchev–Trinajstić information content (AvgIpc) is 2.93. The van der Waals surface area contributed by atoms with Gasteiger partial charge >= 0.3 is 6.03 Å². The Morgan fingerprint density at radius 3 is 2.59 bits per heavy atom. The van der Waals surface area contributed by atoms with E-state index in [0.717, 1.165) is 17.7 Å². The Morgan fingerprint density at radius 1 is 1.30 bits per heavy atom. The summed E-state index contributed by atoms with van der Waals surface area (Å²) in [6, 6.07) is 6.55. The molecule has 2 saturated heterocycles. The zero-order valence-electron chi connectivity index (χ0n) is 16.2. The number of benzene rings is 1. The third-order valence-electron chi connectivity index (χ3n) is 5.59. The molecular weight excluding hydrogens is 346 g/mol. The SMILES string of the molecule is CC[C@@]1(c2ccc(OC)cc2)NC(=O)N(CC(=O)N2CCC[C@@H](C)C2)C1=O. The number of carbonyl (C=O) groups excluding carboxylic acids is 3. The minimum absolute atomic E-state index is 0.174. The van der Waals surface area contributed by atoms with E-state index in [1.165, 1.54) is 0 Å². The second-order valence-corrected chi connectivity index (χ2v) is 7.40. The lowest BCUT2D eigenvalue weighted by molar-refractivity contribution is -0.140. The molecule has 0 bridgehead atoms. The fourth-order valence-electron chi connectivity index (χ4n) is 3.94. The van der Waals surface area contributed by atoms with Crippen LogP contribution in [0.15, 0.2) is 24.3 Å². The zero-order chi connectivity index (χ0) is 19.6. The number of ether oxygens (including phenoxy) is 1. The van der Waals surface area contributed by atoms with E-state index in [1.54, 1.807) is 36.3 Å². The Balaban J connectivity index is 1.79. The van der Waals surface area contributed by atoms with Gasteiger partial charge in [0.05, 0.1) is 7.11 Å². The van der Waals surface area contributed by atoms with Crippen LogP contribution in [-0.2, 0) is 15.1 Å². The van der Waals surface area contributed by atoms with E-state index in [1.807, 2.05) is 6.92 Å². The number of imide groups is 1. The molecule has 2 heterocycles. The number of hydrogen-bond acceptors (Lipinski definition) is 4. The molecule has 1 N–H and O–H groups in total. The quantitative estimate of drug-likeness (QED) is 0.802. The predicted molar refractivity (Wildman–Crippen MR) is 100 cm³/mol. The third-order valence-corrected chi connectivity index (χ3v) is 5.59. The van der Waals surface area contributed by atoms with E-state index in [0.29, 0.717) is 36.7 Å². The van der Waals surface area contributed by atoms with Gasteiger partial charge in [0.1, 0.15) is 17.8 Å². The van der Waals surface area contributed by atoms with E-state index in [9.17, 15) is 14.4 Å². The first-order chi connectivity index (χ1) is 12.9. The summed E-state index contributed by atoms with van der Waals surface area (Å²) in [4.78, 5) is 41.1. The molecule has 1 aromatic carbocycles. The number of urea groups is 1. The van der Waals surface area contributed by atoms with Gasteiger partial charge < -0.3 is 15.0 Å². The molecular formula is C20H27N3O4. The van der Waals surface area contributed by atoms with E-state index in [2.05, 4.69) is 12.2 Å². The standard InChI is InChI=1S/C20H27N3O4/c1-4-20(15-7-9-16(27-3)10-8-15)18(25)23(19(26)21-20)13-17(24)22-11-5-6-14(2)12-22/h7-10,14H,4-6,11-13H2,1-3H3,(H,21,26)/t14-,20+/m1/s1. The summed E-state index contributed by atoms with van der Waals surface area (Å²) >= 11 is 0. The number of likely N-dealkylation sites (tertiary alicyclic amines) is 1. The lowest BCUT2D eigenvalue weighted by atomic mass is 9.87. The summed E-state index contributed by atoms with van der Waals surface area (Å²) in [5.41, 5.74) is -0.454. The van der Waals surface area contributed by atoms with Gasteiger partial charge in [0.15, 0.2) is 0 Å². The number of nitrogens with zero attached hydrogens (tertiary/aromatic N) is 2. The zero-order valence-corrected chi connectivity index (χ0v) is 16.2. The highest BCUT2D eigenvalue weighted by atomic mass is 16.5. The normalized spacial score (nSPS) is 25.5. The number of carbonyl (C=O) groups is 3. The second kappa shape index (κ2) is 7.58. The van der Waals surface area contributed by atoms with Crippen molar-refractivity contribution >= 4 is 17.8 Å². The van der Waals surface area contributed by atoms with E-state index in [4.69, 9.17) is 4.74 Å². The van der Waals surface area contributed by atoms with Gasteiger partial charge in [-0.3, -0.25) is 14.5 Å². The van der Waals surface area contributed by atoms with Crippen LogP contribution < -0.4 is 10.1 Å². The molecule has 0 aliphatic carbocycles. The molecule has 7 heteroatoms. The van der Waals surface area contributed by atoms with Crippen LogP contribution in [0.3, 0.4) is 0 Å². The minimum Gasteiger partial charge on any atom is -0.497 e. The number of hydrogen-bond donors (Lipinski definition) is 1. The molecule has 3 rings (SSSR count). The lowest BCUT2D eigenvalue weighted by Gasteiger charge is -2.32. The summed E-state index contributed by atoms with van der Waals surface area (Å²) in [7, 11) is 1.57. The largest absolute Gasteiger partial charge is 0.497 e. The van der Waals surface area contributed by atoms with E-state index < -0.39 is 11.6 Å². The summed E-state index contributed by atoms with van der Waals surface area (Å²) in [5.74, 6) is 0.568. The lowest BCUT2D eigenvalue weighted by Crippen LogP contribution is -2.47. The first-order valence-electron chi connectivity index (χ1n) is 9.47. The average molecular weight is 373 g/mol. The van der Waals surface area contributed by atoms with Crippen LogP contribution in [0.2, 0.25) is 0 Å². The van der Waals surface area contributed by atoms with Crippen molar-refractivity contribution in [3.63, 3.8) is 0 Å². The van der Waals surface area contributed by atoms with E-state index in [-0.39, 0.29) is 18.4 Å². The molecule has 0 unspecified atom stereocenters. The summed E-state index contributed by atoms with van der Waals surface area (Å²) in [6.45, 7) is 5.11. The molecule has 4 amide bonds. The summed E-state index contributed by atoms with van der Waals surface area (Å²) in [5, 5.41) is 2.81. The molecule has 0 aromatic heterocycles. The van der Waals surface area contributed by atoms with Crippen molar-refractivity contribution in [1.29, 1.82) is 0 Å². The number of nitrogens with one attached hydrogen (secondary N) is 1. The van der Waals surface area contributed by atoms with Crippen molar-refractivity contribution in [3.05, 3.63) is 29.8 Å². The highest BCUT2D eigenvalue weighted by Gasteiger charge is 2.51. The van der Waals surface area contributed by atoms with Gasteiger partial charge in [-0.2, -0.15) is 0 Å². The second-order valence-electron chi connectivity index (χ2n) is 7.40. The van der Waals surface area contributed by atoms with Crippen LogP contribution in [0.5, 0.6) is 5.75 Å². The van der Waals surface area contributed by atoms with Crippen molar-refractivity contribution in [2.75, 3.05) is 26.7 Å². The maximum Gasteiger partial charge on any atom is 0.325 e. The highest BCUT2D eigenvalue weighted by molar-refractivity contribution is 6.09. The molecule has 2 aliphatic heterocycles. The molecule has 146 valence electrons. The Hall–Kier alpha value is -2.57. The number of rotatable bonds is 5. The Labute approximate surface area is 159 Å². The van der Waals surface area contributed by atoms with Gasteiger partial charge in [-0.15, -0.1) is 0 Å². The molecule has 7 nitrogen and oxygen atoms in total. The first kappa shape index (κ1) is 19.2. The van der Waals surface area contributed by atoms with Crippen molar-refractivity contribution in [1.82, 2.24) is 15.1 Å². The smallest absolute Gasteiger partial charge is 0.325 e. The van der Waals surface area contributed by atoms with Crippen molar-refractivity contribution in [2.45, 2.75) is 38.6 Å². The van der Waals surface area contributed by atoms with Crippen LogP contribution >= 0.6 is 0 Å². The molecule has 0 spiro atoms. The topological polar surface area (TPSA) is 79.0 Å². The number of amides is 4. The minimum atomic E-state index is -1.14. The number of piperidine rings is 1. The van der Waals surface area contributed by atoms with Gasteiger partial charge in [0.2, 0.25) is 5.91 Å². The summed E-state index contributed by atoms with van der Waals surface area (Å²) < 4.78 is 5.16. The van der Waals surface area contributed by atoms with Gasteiger partial charge in [-0.25, -0.2) is 4.79 Å².